The lowest BCUT2D eigenvalue weighted by atomic mass is 10.1. The number of hydrogen-bond donors (Lipinski definition) is 2. The molecular formula is C23H23F3N4O4. The van der Waals surface area contributed by atoms with Gasteiger partial charge in [0, 0.05) is 37.5 Å². The van der Waals surface area contributed by atoms with Crippen molar-refractivity contribution in [3.05, 3.63) is 71.8 Å². The Labute approximate surface area is 192 Å². The monoisotopic (exact) mass is 476 g/mol. The topological polar surface area (TPSA) is 97.9 Å². The third-order valence-corrected chi connectivity index (χ3v) is 5.18. The second-order valence-electron chi connectivity index (χ2n) is 7.51. The third kappa shape index (κ3) is 5.54. The molecule has 3 aromatic heterocycles. The Morgan fingerprint density at radius 2 is 1.91 bits per heavy atom. The van der Waals surface area contributed by atoms with E-state index in [9.17, 15) is 18.0 Å². The van der Waals surface area contributed by atoms with Crippen LogP contribution in [0.2, 0.25) is 0 Å². The van der Waals surface area contributed by atoms with Gasteiger partial charge < -0.3 is 19.7 Å². The molecule has 8 nitrogen and oxygen atoms in total. The number of methoxy groups -OCH3 is 1. The van der Waals surface area contributed by atoms with Crippen LogP contribution >= 0.6 is 0 Å². The number of aryl methyl sites for hydroxylation is 1. The van der Waals surface area contributed by atoms with Crippen LogP contribution in [0.3, 0.4) is 0 Å². The molecule has 0 fully saturated rings. The van der Waals surface area contributed by atoms with Gasteiger partial charge in [-0.15, -0.1) is 0 Å². The number of carboxylic acid groups (broad SMARTS) is 1. The van der Waals surface area contributed by atoms with Crippen molar-refractivity contribution in [2.24, 2.45) is 7.05 Å². The molecule has 11 heteroatoms. The number of pyridine rings is 1. The van der Waals surface area contributed by atoms with Gasteiger partial charge in [-0.05, 0) is 42.1 Å². The summed E-state index contributed by atoms with van der Waals surface area (Å²) < 4.78 is 40.5. The summed E-state index contributed by atoms with van der Waals surface area (Å²) in [6.07, 6.45) is -1.14. The highest BCUT2D eigenvalue weighted by Crippen LogP contribution is 2.21. The maximum atomic E-state index is 11.9. The molecule has 4 rings (SSSR count). The maximum Gasteiger partial charge on any atom is 0.490 e. The molecule has 0 bridgehead atoms. The van der Waals surface area contributed by atoms with E-state index in [-0.39, 0.29) is 12.0 Å². The molecule has 0 aliphatic heterocycles. The van der Waals surface area contributed by atoms with Crippen LogP contribution in [0.15, 0.2) is 54.9 Å². The van der Waals surface area contributed by atoms with E-state index < -0.39 is 12.1 Å². The maximum absolute atomic E-state index is 11.9. The molecule has 0 aliphatic carbocycles. The Morgan fingerprint density at radius 3 is 2.56 bits per heavy atom. The second kappa shape index (κ2) is 9.96. The van der Waals surface area contributed by atoms with Gasteiger partial charge in [0.1, 0.15) is 11.3 Å². The first-order valence-electron chi connectivity index (χ1n) is 10.1. The highest BCUT2D eigenvalue weighted by molar-refractivity contribution is 5.88. The SMILES string of the molecule is COC(=O)c1cccc2nc(CNC(C)c3ccc4ccn(C)c4c3)cn12.O=C(O)C(F)(F)F. The lowest BCUT2D eigenvalue weighted by Crippen LogP contribution is -2.21. The van der Waals surface area contributed by atoms with Gasteiger partial charge in [-0.1, -0.05) is 18.2 Å². The number of imidazole rings is 1. The van der Waals surface area contributed by atoms with Gasteiger partial charge in [0.15, 0.2) is 0 Å². The van der Waals surface area contributed by atoms with Crippen molar-refractivity contribution in [2.75, 3.05) is 7.11 Å². The van der Waals surface area contributed by atoms with Gasteiger partial charge in [-0.2, -0.15) is 13.2 Å². The van der Waals surface area contributed by atoms with Crippen molar-refractivity contribution in [3.63, 3.8) is 0 Å². The number of ether oxygens (including phenoxy) is 1. The second-order valence-corrected chi connectivity index (χ2v) is 7.51. The number of rotatable bonds is 5. The molecule has 2 N–H and O–H groups in total. The number of carbonyl (C=O) groups excluding carboxylic acids is 1. The standard InChI is InChI=1S/C21H22N4O2.C2HF3O2/c1-14(16-8-7-15-9-10-24(2)19(15)11-16)22-12-17-13-25-18(21(26)27-3)5-4-6-20(25)23-17;3-2(4,5)1(6)7/h4-11,13-14,22H,12H2,1-3H3;(H,6,7). The van der Waals surface area contributed by atoms with E-state index in [1.165, 1.54) is 23.6 Å². The van der Waals surface area contributed by atoms with Crippen LogP contribution in [-0.4, -0.2) is 44.3 Å². The number of esters is 1. The Morgan fingerprint density at radius 1 is 1.21 bits per heavy atom. The van der Waals surface area contributed by atoms with Gasteiger partial charge >= 0.3 is 18.1 Å². The molecule has 34 heavy (non-hydrogen) atoms. The molecule has 1 aromatic carbocycles. The van der Waals surface area contributed by atoms with Gasteiger partial charge in [0.2, 0.25) is 0 Å². The zero-order valence-electron chi connectivity index (χ0n) is 18.6. The third-order valence-electron chi connectivity index (χ3n) is 5.18. The van der Waals surface area contributed by atoms with E-state index in [2.05, 4.69) is 59.3 Å². The van der Waals surface area contributed by atoms with Crippen molar-refractivity contribution < 1.29 is 32.6 Å². The summed E-state index contributed by atoms with van der Waals surface area (Å²) in [4.78, 5) is 25.4. The fraction of sp³-hybridized carbons (Fsp3) is 0.261. The van der Waals surface area contributed by atoms with Crippen LogP contribution in [0.1, 0.15) is 34.7 Å². The number of halogens is 3. The van der Waals surface area contributed by atoms with E-state index in [0.29, 0.717) is 12.2 Å². The summed E-state index contributed by atoms with van der Waals surface area (Å²) >= 11 is 0. The van der Waals surface area contributed by atoms with E-state index >= 15 is 0 Å². The normalized spacial score (nSPS) is 12.3. The molecule has 0 radical (unpaired) electrons. The van der Waals surface area contributed by atoms with E-state index in [0.717, 1.165) is 11.3 Å². The average molecular weight is 476 g/mol. The quantitative estimate of drug-likeness (QED) is 0.421. The minimum absolute atomic E-state index is 0.175. The van der Waals surface area contributed by atoms with Crippen molar-refractivity contribution >= 4 is 28.5 Å². The van der Waals surface area contributed by atoms with E-state index in [4.69, 9.17) is 14.6 Å². The van der Waals surface area contributed by atoms with Crippen LogP contribution in [0.25, 0.3) is 16.6 Å². The average Bonchev–Trinajstić information content (AvgIpc) is 3.39. The molecule has 0 aliphatic rings. The van der Waals surface area contributed by atoms with Crippen LogP contribution in [0.4, 0.5) is 13.2 Å². The van der Waals surface area contributed by atoms with Gasteiger partial charge in [0.25, 0.3) is 0 Å². The predicted molar refractivity (Wildman–Crippen MR) is 118 cm³/mol. The first-order chi connectivity index (χ1) is 16.0. The molecular weight excluding hydrogens is 453 g/mol. The fourth-order valence-corrected chi connectivity index (χ4v) is 3.34. The number of hydrogen-bond acceptors (Lipinski definition) is 5. The Balaban J connectivity index is 0.000000406. The minimum atomic E-state index is -5.08. The number of carboxylic acids is 1. The molecule has 0 saturated carbocycles. The highest BCUT2D eigenvalue weighted by Gasteiger charge is 2.38. The number of aliphatic carboxylic acids is 1. The van der Waals surface area contributed by atoms with Crippen LogP contribution < -0.4 is 5.32 Å². The van der Waals surface area contributed by atoms with E-state index in [1.807, 2.05) is 18.3 Å². The van der Waals surface area contributed by atoms with Crippen molar-refractivity contribution in [2.45, 2.75) is 25.7 Å². The molecule has 4 aromatic rings. The first kappa shape index (κ1) is 24.8. The summed E-state index contributed by atoms with van der Waals surface area (Å²) in [5.74, 6) is -3.13. The number of aromatic nitrogens is 3. The minimum Gasteiger partial charge on any atom is -0.475 e. The fourth-order valence-electron chi connectivity index (χ4n) is 3.34. The summed E-state index contributed by atoms with van der Waals surface area (Å²) in [6, 6.07) is 14.2. The highest BCUT2D eigenvalue weighted by atomic mass is 19.4. The lowest BCUT2D eigenvalue weighted by Gasteiger charge is -2.14. The molecule has 1 atom stereocenters. The zero-order chi connectivity index (χ0) is 25.0. The Kier molecular flexibility index (Phi) is 7.26. The first-order valence-corrected chi connectivity index (χ1v) is 10.1. The largest absolute Gasteiger partial charge is 0.490 e. The van der Waals surface area contributed by atoms with Gasteiger partial charge in [0.05, 0.1) is 12.8 Å². The van der Waals surface area contributed by atoms with Crippen molar-refractivity contribution in [1.82, 2.24) is 19.3 Å². The number of carbonyl (C=O) groups is 2. The molecule has 1 unspecified atom stereocenters. The number of nitrogens with one attached hydrogen (secondary N) is 1. The summed E-state index contributed by atoms with van der Waals surface area (Å²) in [7, 11) is 3.44. The Hall–Kier alpha value is -3.86. The number of fused-ring (bicyclic) bond motifs is 2. The number of benzene rings is 1. The van der Waals surface area contributed by atoms with Crippen molar-refractivity contribution in [1.29, 1.82) is 0 Å². The van der Waals surface area contributed by atoms with Crippen molar-refractivity contribution in [3.8, 4) is 0 Å². The molecule has 0 spiro atoms. The smallest absolute Gasteiger partial charge is 0.475 e. The van der Waals surface area contributed by atoms with E-state index in [1.54, 1.807) is 10.5 Å². The zero-order valence-corrected chi connectivity index (χ0v) is 18.6. The summed E-state index contributed by atoms with van der Waals surface area (Å²) in [5.41, 5.74) is 4.52. The van der Waals surface area contributed by atoms with Gasteiger partial charge in [-0.3, -0.25) is 4.40 Å². The molecule has 180 valence electrons. The Bertz CT molecular complexity index is 1330. The molecule has 0 amide bonds. The lowest BCUT2D eigenvalue weighted by molar-refractivity contribution is -0.192. The predicted octanol–water partition coefficient (Wildman–Crippen LogP) is 4.10. The summed E-state index contributed by atoms with van der Waals surface area (Å²) in [6.45, 7) is 2.74. The summed E-state index contributed by atoms with van der Waals surface area (Å²) in [5, 5.41) is 11.9. The van der Waals surface area contributed by atoms with Gasteiger partial charge in [-0.25, -0.2) is 14.6 Å². The van der Waals surface area contributed by atoms with Crippen LogP contribution in [-0.2, 0) is 23.1 Å². The molecule has 0 saturated heterocycles. The van der Waals surface area contributed by atoms with Crippen LogP contribution in [0.5, 0.6) is 0 Å². The van der Waals surface area contributed by atoms with Crippen LogP contribution in [0, 0.1) is 0 Å². The molecule has 3 heterocycles. The number of alkyl halides is 3. The number of nitrogens with zero attached hydrogens (tertiary/aromatic N) is 3.